The number of aryl methyl sites for hydroxylation is 2. The van der Waals surface area contributed by atoms with Gasteiger partial charge in [-0.3, -0.25) is 14.9 Å². The van der Waals surface area contributed by atoms with Gasteiger partial charge in [-0.15, -0.1) is 0 Å². The minimum Gasteiger partial charge on any atom is -0.385 e. The number of aromatic nitrogens is 2. The van der Waals surface area contributed by atoms with Crippen molar-refractivity contribution >= 4 is 17.4 Å². The van der Waals surface area contributed by atoms with Crippen molar-refractivity contribution in [2.75, 3.05) is 37.6 Å². The molecule has 1 aromatic carbocycles. The fraction of sp³-hybridized carbons (Fsp3) is 0.500. The van der Waals surface area contributed by atoms with Crippen LogP contribution in [0, 0.1) is 5.41 Å². The van der Waals surface area contributed by atoms with Crippen molar-refractivity contribution in [2.24, 2.45) is 7.05 Å². The molecule has 1 saturated heterocycles. The van der Waals surface area contributed by atoms with Crippen molar-refractivity contribution < 1.29 is 4.79 Å². The number of hydrogen-bond acceptors (Lipinski definition) is 5. The van der Waals surface area contributed by atoms with Gasteiger partial charge in [-0.05, 0) is 62.0 Å². The summed E-state index contributed by atoms with van der Waals surface area (Å²) in [5, 5.41) is 20.8. The molecular formula is C26H35N7O. The molecule has 0 unspecified atom stereocenters. The molecule has 3 aliphatic rings. The first kappa shape index (κ1) is 22.7. The number of nitrogens with one attached hydrogen (secondary N) is 3. The smallest absolute Gasteiger partial charge is 0.219 e. The quantitative estimate of drug-likeness (QED) is 0.481. The van der Waals surface area contributed by atoms with E-state index in [-0.39, 0.29) is 5.91 Å². The Kier molecular flexibility index (Phi) is 6.41. The van der Waals surface area contributed by atoms with E-state index >= 15 is 0 Å². The normalized spacial score (nSPS) is 19.2. The van der Waals surface area contributed by atoms with Gasteiger partial charge >= 0.3 is 0 Å². The first-order valence-corrected chi connectivity index (χ1v) is 12.4. The molecule has 0 spiro atoms. The standard InChI is InChI=1S/C26H35N7O/c1-18(34)32-13-9-24(30-22-7-10-28-11-8-22)23(17-32)26(27)33-12-3-4-20-14-19(5-6-25(20)33)21-15-29-31(2)16-21/h5-6,14-16,22,27-28,30H,3-4,7-13,17H2,1-2H3. The predicted octanol–water partition coefficient (Wildman–Crippen LogP) is 2.66. The summed E-state index contributed by atoms with van der Waals surface area (Å²) in [4.78, 5) is 16.2. The van der Waals surface area contributed by atoms with Crippen LogP contribution in [0.5, 0.6) is 0 Å². The van der Waals surface area contributed by atoms with Crippen molar-refractivity contribution in [3.8, 4) is 11.1 Å². The third kappa shape index (κ3) is 4.59. The van der Waals surface area contributed by atoms with E-state index in [1.807, 2.05) is 29.0 Å². The molecule has 34 heavy (non-hydrogen) atoms. The summed E-state index contributed by atoms with van der Waals surface area (Å²) in [5.74, 6) is 0.601. The Labute approximate surface area is 201 Å². The molecule has 3 aliphatic heterocycles. The number of carbonyl (C=O) groups excluding carboxylic acids is 1. The number of hydrogen-bond donors (Lipinski definition) is 3. The number of anilines is 1. The zero-order valence-electron chi connectivity index (χ0n) is 20.2. The van der Waals surface area contributed by atoms with Crippen LogP contribution in [0.25, 0.3) is 11.1 Å². The molecule has 3 N–H and O–H groups in total. The number of rotatable bonds is 4. The Morgan fingerprint density at radius 3 is 2.74 bits per heavy atom. The number of amidine groups is 1. The fourth-order valence-electron chi connectivity index (χ4n) is 5.36. The average Bonchev–Trinajstić information content (AvgIpc) is 3.30. The van der Waals surface area contributed by atoms with Crippen LogP contribution in [-0.4, -0.2) is 65.2 Å². The number of benzene rings is 1. The first-order valence-electron chi connectivity index (χ1n) is 12.4. The molecule has 5 rings (SSSR count). The molecule has 8 nitrogen and oxygen atoms in total. The van der Waals surface area contributed by atoms with E-state index in [2.05, 4.69) is 38.8 Å². The molecular weight excluding hydrogens is 426 g/mol. The van der Waals surface area contributed by atoms with E-state index in [1.165, 1.54) is 5.56 Å². The maximum Gasteiger partial charge on any atom is 0.219 e. The van der Waals surface area contributed by atoms with Crippen molar-refractivity contribution in [2.45, 2.75) is 45.1 Å². The van der Waals surface area contributed by atoms with Gasteiger partial charge < -0.3 is 20.4 Å². The largest absolute Gasteiger partial charge is 0.385 e. The van der Waals surface area contributed by atoms with Crippen LogP contribution in [-0.2, 0) is 18.3 Å². The van der Waals surface area contributed by atoms with Crippen LogP contribution < -0.4 is 15.5 Å². The van der Waals surface area contributed by atoms with E-state index in [1.54, 1.807) is 6.92 Å². The molecule has 1 aromatic heterocycles. The van der Waals surface area contributed by atoms with Crippen molar-refractivity contribution in [1.29, 1.82) is 5.41 Å². The molecule has 8 heteroatoms. The summed E-state index contributed by atoms with van der Waals surface area (Å²) in [6.45, 7) is 5.71. The second-order valence-corrected chi connectivity index (χ2v) is 9.67. The van der Waals surface area contributed by atoms with Gasteiger partial charge in [0.25, 0.3) is 0 Å². The predicted molar refractivity (Wildman–Crippen MR) is 135 cm³/mol. The Morgan fingerprint density at radius 1 is 1.18 bits per heavy atom. The number of nitrogens with zero attached hydrogens (tertiary/aromatic N) is 4. The molecule has 1 fully saturated rings. The lowest BCUT2D eigenvalue weighted by atomic mass is 9.95. The van der Waals surface area contributed by atoms with E-state index < -0.39 is 0 Å². The molecule has 4 heterocycles. The molecule has 1 amide bonds. The van der Waals surface area contributed by atoms with E-state index in [0.717, 1.165) is 79.8 Å². The van der Waals surface area contributed by atoms with Crippen LogP contribution in [0.3, 0.4) is 0 Å². The van der Waals surface area contributed by atoms with Crippen LogP contribution in [0.1, 0.15) is 38.2 Å². The van der Waals surface area contributed by atoms with Gasteiger partial charge in [-0.25, -0.2) is 0 Å². The van der Waals surface area contributed by atoms with Gasteiger partial charge in [0.1, 0.15) is 5.84 Å². The molecule has 0 saturated carbocycles. The van der Waals surface area contributed by atoms with Gasteiger partial charge in [0, 0.05) is 68.2 Å². The topological polar surface area (TPSA) is 89.3 Å². The van der Waals surface area contributed by atoms with E-state index in [0.29, 0.717) is 25.0 Å². The summed E-state index contributed by atoms with van der Waals surface area (Å²) in [5.41, 5.74) is 6.76. The highest BCUT2D eigenvalue weighted by molar-refractivity contribution is 6.09. The zero-order chi connectivity index (χ0) is 23.7. The Balaban J connectivity index is 1.44. The first-order chi connectivity index (χ1) is 16.5. The van der Waals surface area contributed by atoms with Gasteiger partial charge in [-0.2, -0.15) is 5.10 Å². The highest BCUT2D eigenvalue weighted by Gasteiger charge is 2.30. The minimum atomic E-state index is 0.0753. The van der Waals surface area contributed by atoms with Crippen LogP contribution in [0.4, 0.5) is 5.69 Å². The highest BCUT2D eigenvalue weighted by atomic mass is 16.2. The van der Waals surface area contributed by atoms with Gasteiger partial charge in [0.15, 0.2) is 0 Å². The highest BCUT2D eigenvalue weighted by Crippen LogP contribution is 2.33. The SMILES string of the molecule is CC(=O)N1CCC(NC2CCNCC2)=C(C(=N)N2CCCc3cc(-c4cnn(C)c4)ccc32)C1. The third-order valence-corrected chi connectivity index (χ3v) is 7.30. The second kappa shape index (κ2) is 9.62. The minimum absolute atomic E-state index is 0.0753. The molecule has 180 valence electrons. The van der Waals surface area contributed by atoms with Gasteiger partial charge in [0.2, 0.25) is 5.91 Å². The number of piperidine rings is 1. The van der Waals surface area contributed by atoms with Gasteiger partial charge in [-0.1, -0.05) is 6.07 Å². The summed E-state index contributed by atoms with van der Waals surface area (Å²) >= 11 is 0. The second-order valence-electron chi connectivity index (χ2n) is 9.67. The summed E-state index contributed by atoms with van der Waals surface area (Å²) < 4.78 is 1.82. The molecule has 0 radical (unpaired) electrons. The van der Waals surface area contributed by atoms with Crippen LogP contribution in [0.15, 0.2) is 41.9 Å². The van der Waals surface area contributed by atoms with Crippen molar-refractivity contribution in [3.05, 3.63) is 47.4 Å². The average molecular weight is 462 g/mol. The lowest BCUT2D eigenvalue weighted by Gasteiger charge is -2.38. The van der Waals surface area contributed by atoms with Crippen LogP contribution in [0.2, 0.25) is 0 Å². The Morgan fingerprint density at radius 2 is 2.00 bits per heavy atom. The lowest BCUT2D eigenvalue weighted by molar-refractivity contribution is -0.128. The number of fused-ring (bicyclic) bond motifs is 1. The Bertz CT molecular complexity index is 1110. The number of amides is 1. The summed E-state index contributed by atoms with van der Waals surface area (Å²) in [6, 6.07) is 6.96. The van der Waals surface area contributed by atoms with E-state index in [9.17, 15) is 10.2 Å². The third-order valence-electron chi connectivity index (χ3n) is 7.30. The summed E-state index contributed by atoms with van der Waals surface area (Å²) in [7, 11) is 1.93. The maximum absolute atomic E-state index is 12.2. The fourth-order valence-corrected chi connectivity index (χ4v) is 5.36. The Hall–Kier alpha value is -3.13. The van der Waals surface area contributed by atoms with Gasteiger partial charge in [0.05, 0.1) is 12.7 Å². The van der Waals surface area contributed by atoms with Crippen molar-refractivity contribution in [1.82, 2.24) is 25.3 Å². The zero-order valence-corrected chi connectivity index (χ0v) is 20.2. The van der Waals surface area contributed by atoms with Crippen molar-refractivity contribution in [3.63, 3.8) is 0 Å². The monoisotopic (exact) mass is 461 g/mol. The van der Waals surface area contributed by atoms with Crippen LogP contribution >= 0.6 is 0 Å². The number of carbonyl (C=O) groups is 1. The maximum atomic E-state index is 12.2. The molecule has 2 aromatic rings. The van der Waals surface area contributed by atoms with E-state index in [4.69, 9.17) is 0 Å². The molecule has 0 atom stereocenters. The lowest BCUT2D eigenvalue weighted by Crippen LogP contribution is -2.47. The molecule has 0 bridgehead atoms. The molecule has 0 aliphatic carbocycles. The summed E-state index contributed by atoms with van der Waals surface area (Å²) in [6.07, 6.45) is 8.90.